The Balaban J connectivity index is -0.000000217. The van der Waals surface area contributed by atoms with Crippen LogP contribution in [0.15, 0.2) is 0 Å². The molecule has 2 aliphatic rings. The Morgan fingerprint density at radius 3 is 1.11 bits per heavy atom. The Morgan fingerprint density at radius 1 is 0.508 bits per heavy atom. The average Bonchev–Trinajstić information content (AvgIpc) is 3.43. The van der Waals surface area contributed by atoms with Gasteiger partial charge in [-0.3, -0.25) is 0 Å². The van der Waals surface area contributed by atoms with Crippen LogP contribution in [0.3, 0.4) is 0 Å². The minimum Gasteiger partial charge on any atom is -0.391 e. The smallest absolute Gasteiger partial charge is 0.0835 e. The number of likely N-dealkylation sites (N-methyl/N-ethyl adjacent to an activating group) is 3. The van der Waals surface area contributed by atoms with E-state index >= 15 is 0 Å². The zero-order valence-electron chi connectivity index (χ0n) is 49.6. The summed E-state index contributed by atoms with van der Waals surface area (Å²) < 4.78 is 43.0. The lowest BCUT2D eigenvalue weighted by atomic mass is 9.98. The van der Waals surface area contributed by atoms with Crippen molar-refractivity contribution in [2.24, 2.45) is 5.41 Å². The lowest BCUT2D eigenvalue weighted by molar-refractivity contribution is -0.117. The molecular weight excluding hydrogens is 823 g/mol. The summed E-state index contributed by atoms with van der Waals surface area (Å²) in [5, 5.41) is 8.79. The first-order chi connectivity index (χ1) is 28.6. The van der Waals surface area contributed by atoms with Crippen LogP contribution in [-0.4, -0.2) is 185 Å². The molecule has 1 N–H and O–H groups in total. The molecule has 65 heavy (non-hydrogen) atoms. The predicted octanol–water partition coefficient (Wildman–Crippen LogP) is 10.9. The molecule has 0 aromatic rings. The van der Waals surface area contributed by atoms with Crippen LogP contribution in [-0.2, 0) is 37.9 Å². The lowest BCUT2D eigenvalue weighted by Crippen LogP contribution is -2.52. The van der Waals surface area contributed by atoms with E-state index in [-0.39, 0.29) is 50.7 Å². The number of likely N-dealkylation sites (tertiary alicyclic amines) is 2. The Kier molecular flexibility index (Phi) is 39.3. The third kappa shape index (κ3) is 78.0. The summed E-state index contributed by atoms with van der Waals surface area (Å²) in [6, 6.07) is 0. The van der Waals surface area contributed by atoms with Crippen molar-refractivity contribution in [3.63, 3.8) is 0 Å². The van der Waals surface area contributed by atoms with Gasteiger partial charge in [-0.2, -0.15) is 0 Å². The van der Waals surface area contributed by atoms with Crippen LogP contribution in [0.5, 0.6) is 0 Å². The molecule has 0 bridgehead atoms. The summed E-state index contributed by atoms with van der Waals surface area (Å²) in [5.41, 5.74) is 0.244. The highest BCUT2D eigenvalue weighted by atomic mass is 16.5. The standard InChI is InChI=1S/C9H19NO.C9H20O.C8H17NO.C8H19NO.2C7H16O2.C5H12O/c1-9(2,3)11-8-5-6-10(4)7-8;1-8(2,3)7-10-9(4,5)6;1-8(2,3)10-7-5-9(4)6-7;1-8(2,3)10-7-6-9(4)5;1-7(2,3)9-6-5-8-4;1-6(8)5-9-7(2,3)4;1-5(2,3)6-4/h8H,5-7H2,1-4H3;7H2,1-6H3;7H,5-6H2,1-4H3;6-7H2,1-5H3;5-6H2,1-4H3;6,8H,5H2,1-4H3;1-4H3. The summed E-state index contributed by atoms with van der Waals surface area (Å²) in [7, 11) is 11.7. The molecule has 0 aliphatic carbocycles. The van der Waals surface area contributed by atoms with Crippen LogP contribution in [0.2, 0.25) is 0 Å². The fourth-order valence-corrected chi connectivity index (χ4v) is 4.48. The van der Waals surface area contributed by atoms with Gasteiger partial charge in [-0.15, -0.1) is 0 Å². The first kappa shape index (κ1) is 73.5. The van der Waals surface area contributed by atoms with Crippen molar-refractivity contribution >= 4 is 0 Å². The van der Waals surface area contributed by atoms with Gasteiger partial charge < -0.3 is 57.7 Å². The van der Waals surface area contributed by atoms with Crippen LogP contribution < -0.4 is 0 Å². The molecule has 2 aliphatic heterocycles. The maximum Gasteiger partial charge on any atom is 0.0835 e. The second kappa shape index (κ2) is 34.8. The van der Waals surface area contributed by atoms with Crippen molar-refractivity contribution in [3.8, 4) is 0 Å². The molecule has 2 heterocycles. The normalized spacial score (nSPS) is 17.2. The fraction of sp³-hybridized carbons (Fsp3) is 1.00. The SMILES string of the molecule is CC(C)(C)COC(C)(C)C.CC(O)COC(C)(C)C.CN(C)CCOC(C)(C)C.CN1CC(OC(C)(C)C)C1.CN1CCC(OC(C)(C)C)C1.COC(C)(C)C.COCCOC(C)(C)C. The van der Waals surface area contributed by atoms with Gasteiger partial charge in [-0.1, -0.05) is 20.8 Å². The Hall–Kier alpha value is -0.480. The van der Waals surface area contributed by atoms with E-state index < -0.39 is 0 Å². The van der Waals surface area contributed by atoms with E-state index in [0.29, 0.717) is 32.0 Å². The molecule has 12 nitrogen and oxygen atoms in total. The molecule has 12 heteroatoms. The van der Waals surface area contributed by atoms with Crippen molar-refractivity contribution in [3.05, 3.63) is 0 Å². The second-order valence-corrected chi connectivity index (χ2v) is 25.7. The number of rotatable bonds is 11. The van der Waals surface area contributed by atoms with E-state index in [1.807, 2.05) is 76.4 Å². The number of ether oxygens (including phenoxy) is 8. The van der Waals surface area contributed by atoms with Gasteiger partial charge in [0.15, 0.2) is 0 Å². The Morgan fingerprint density at radius 2 is 0.877 bits per heavy atom. The summed E-state index contributed by atoms with van der Waals surface area (Å²) in [6.45, 7) is 60.3. The van der Waals surface area contributed by atoms with E-state index in [4.69, 9.17) is 43.0 Å². The van der Waals surface area contributed by atoms with Gasteiger partial charge in [0, 0.05) is 46.9 Å². The maximum absolute atomic E-state index is 8.79. The van der Waals surface area contributed by atoms with Crippen molar-refractivity contribution in [2.75, 3.05) is 108 Å². The zero-order chi connectivity index (χ0) is 52.9. The van der Waals surface area contributed by atoms with E-state index in [0.717, 1.165) is 39.4 Å². The van der Waals surface area contributed by atoms with Gasteiger partial charge in [0.05, 0.1) is 90.6 Å². The van der Waals surface area contributed by atoms with Crippen LogP contribution in [0.1, 0.15) is 180 Å². The third-order valence-corrected chi connectivity index (χ3v) is 7.62. The van der Waals surface area contributed by atoms with Gasteiger partial charge >= 0.3 is 0 Å². The molecule has 0 spiro atoms. The van der Waals surface area contributed by atoms with Crippen LogP contribution >= 0.6 is 0 Å². The van der Waals surface area contributed by atoms with Crippen molar-refractivity contribution in [1.82, 2.24) is 14.7 Å². The number of hydrogen-bond acceptors (Lipinski definition) is 12. The molecule has 400 valence electrons. The van der Waals surface area contributed by atoms with E-state index in [2.05, 4.69) is 133 Å². The van der Waals surface area contributed by atoms with Gasteiger partial charge in [0.1, 0.15) is 0 Å². The lowest BCUT2D eigenvalue weighted by Gasteiger charge is -2.39. The van der Waals surface area contributed by atoms with E-state index in [9.17, 15) is 0 Å². The first-order valence-corrected chi connectivity index (χ1v) is 24.3. The van der Waals surface area contributed by atoms with E-state index in [1.165, 1.54) is 13.0 Å². The van der Waals surface area contributed by atoms with E-state index in [1.54, 1.807) is 21.1 Å². The van der Waals surface area contributed by atoms with Gasteiger partial charge in [0.2, 0.25) is 0 Å². The molecule has 2 fully saturated rings. The Bertz CT molecular complexity index is 1040. The number of hydrogen-bond donors (Lipinski definition) is 1. The highest BCUT2D eigenvalue weighted by Crippen LogP contribution is 2.19. The molecule has 0 amide bonds. The summed E-state index contributed by atoms with van der Waals surface area (Å²) >= 11 is 0. The largest absolute Gasteiger partial charge is 0.391 e. The molecule has 2 unspecified atom stereocenters. The molecule has 0 aromatic carbocycles. The molecule has 2 atom stereocenters. The monoisotopic (exact) mass is 942 g/mol. The maximum atomic E-state index is 8.79. The molecule has 0 saturated carbocycles. The quantitative estimate of drug-likeness (QED) is 0.200. The Labute approximate surface area is 407 Å². The van der Waals surface area contributed by atoms with Gasteiger partial charge in [-0.05, 0) is 192 Å². The van der Waals surface area contributed by atoms with Crippen LogP contribution in [0.25, 0.3) is 0 Å². The van der Waals surface area contributed by atoms with Crippen molar-refractivity contribution in [2.45, 2.75) is 237 Å². The predicted molar refractivity (Wildman–Crippen MR) is 280 cm³/mol. The molecule has 2 saturated heterocycles. The van der Waals surface area contributed by atoms with Crippen LogP contribution in [0, 0.1) is 5.41 Å². The zero-order valence-corrected chi connectivity index (χ0v) is 49.6. The first-order valence-electron chi connectivity index (χ1n) is 24.3. The average molecular weight is 943 g/mol. The minimum atomic E-state index is -0.357. The summed E-state index contributed by atoms with van der Waals surface area (Å²) in [6.07, 6.45) is 1.77. The third-order valence-electron chi connectivity index (χ3n) is 7.62. The highest BCUT2D eigenvalue weighted by Gasteiger charge is 2.28. The van der Waals surface area contributed by atoms with Crippen LogP contribution in [0.4, 0.5) is 0 Å². The topological polar surface area (TPSA) is 104 Å². The minimum absolute atomic E-state index is 0.00722. The van der Waals surface area contributed by atoms with Crippen molar-refractivity contribution in [1.29, 1.82) is 0 Å². The van der Waals surface area contributed by atoms with Gasteiger partial charge in [0.25, 0.3) is 0 Å². The molecular formula is C53H119N3O9. The molecule has 0 aromatic heterocycles. The highest BCUT2D eigenvalue weighted by molar-refractivity contribution is 4.80. The number of aliphatic hydroxyl groups is 1. The van der Waals surface area contributed by atoms with Crippen molar-refractivity contribution < 1.29 is 43.0 Å². The molecule has 0 radical (unpaired) electrons. The second-order valence-electron chi connectivity index (χ2n) is 25.7. The number of methoxy groups -OCH3 is 2. The summed E-state index contributed by atoms with van der Waals surface area (Å²) in [4.78, 5) is 6.69. The molecule has 2 rings (SSSR count). The number of nitrogens with zero attached hydrogens (tertiary/aromatic N) is 3. The van der Waals surface area contributed by atoms with Gasteiger partial charge in [-0.25, -0.2) is 0 Å². The summed E-state index contributed by atoms with van der Waals surface area (Å²) in [5.74, 6) is 0. The fourth-order valence-electron chi connectivity index (χ4n) is 4.48. The number of aliphatic hydroxyl groups excluding tert-OH is 1.